The average molecular weight is 587 g/mol. The number of hydrogen-bond acceptors (Lipinski definition) is 4. The first-order chi connectivity index (χ1) is 19.1. The van der Waals surface area contributed by atoms with Gasteiger partial charge in [0.1, 0.15) is 6.10 Å². The summed E-state index contributed by atoms with van der Waals surface area (Å²) >= 11 is 0. The van der Waals surface area contributed by atoms with Gasteiger partial charge < -0.3 is 9.84 Å². The number of aryl methyl sites for hydroxylation is 1. The molecule has 224 valence electrons. The standard InChI is InChI=1S/C29H32F6N2O4/c1-4-24(36-9-7-18(8-10-36)26(38)39)23-6-5-16(2)11-20(23)15-37-17(3)25(41-27(37)40)19-12-21(28(30,31)32)14-22(13-19)29(33,34)35/h5-6,11-14,17-18,24-25H,4,7-10,15H2,1-3H3,(H,38,39)/t17-,24?,25-/m0/s1. The molecule has 2 aliphatic heterocycles. The summed E-state index contributed by atoms with van der Waals surface area (Å²) in [5.74, 6) is -1.21. The summed E-state index contributed by atoms with van der Waals surface area (Å²) in [6.07, 6.45) is -10.5. The van der Waals surface area contributed by atoms with Crippen molar-refractivity contribution in [2.75, 3.05) is 13.1 Å². The molecule has 0 aliphatic carbocycles. The van der Waals surface area contributed by atoms with E-state index in [1.165, 1.54) is 11.8 Å². The van der Waals surface area contributed by atoms with Crippen LogP contribution in [0.5, 0.6) is 0 Å². The Balaban J connectivity index is 1.62. The number of aliphatic carboxylic acids is 1. The minimum atomic E-state index is -5.02. The second kappa shape index (κ2) is 11.5. The van der Waals surface area contributed by atoms with Gasteiger partial charge in [0, 0.05) is 12.6 Å². The van der Waals surface area contributed by atoms with Gasteiger partial charge in [0.25, 0.3) is 0 Å². The molecule has 3 atom stereocenters. The third-order valence-electron chi connectivity index (χ3n) is 8.04. The van der Waals surface area contributed by atoms with Crippen LogP contribution < -0.4 is 0 Å². The lowest BCUT2D eigenvalue weighted by Gasteiger charge is -2.37. The maximum absolute atomic E-state index is 13.4. The van der Waals surface area contributed by atoms with Crippen molar-refractivity contribution in [2.24, 2.45) is 5.92 Å². The molecule has 1 unspecified atom stereocenters. The number of carbonyl (C=O) groups excluding carboxylic acids is 1. The summed E-state index contributed by atoms with van der Waals surface area (Å²) < 4.78 is 86.1. The Morgan fingerprint density at radius 1 is 1.02 bits per heavy atom. The summed E-state index contributed by atoms with van der Waals surface area (Å²) in [7, 11) is 0. The zero-order valence-electron chi connectivity index (χ0n) is 22.9. The SMILES string of the molecule is CCC(c1ccc(C)cc1CN1C(=O)O[C@H](c2cc(C(F)(F)F)cc(C(F)(F)F)c2)[C@@H]1C)N1CCC(C(=O)O)CC1. The first kappa shape index (κ1) is 30.7. The summed E-state index contributed by atoms with van der Waals surface area (Å²) in [6, 6.07) is 6.11. The van der Waals surface area contributed by atoms with Crippen molar-refractivity contribution in [1.29, 1.82) is 0 Å². The smallest absolute Gasteiger partial charge is 0.416 e. The molecule has 0 spiro atoms. The van der Waals surface area contributed by atoms with Crippen LogP contribution in [0.25, 0.3) is 0 Å². The highest BCUT2D eigenvalue weighted by Gasteiger charge is 2.43. The molecule has 2 aromatic carbocycles. The number of cyclic esters (lactones) is 1. The normalized spacial score (nSPS) is 21.7. The zero-order valence-corrected chi connectivity index (χ0v) is 22.9. The van der Waals surface area contributed by atoms with Gasteiger partial charge in [-0.3, -0.25) is 14.6 Å². The van der Waals surface area contributed by atoms with Gasteiger partial charge in [-0.2, -0.15) is 26.3 Å². The minimum Gasteiger partial charge on any atom is -0.481 e. The topological polar surface area (TPSA) is 70.1 Å². The van der Waals surface area contributed by atoms with E-state index in [2.05, 4.69) is 4.90 Å². The van der Waals surface area contributed by atoms with Crippen LogP contribution in [0.4, 0.5) is 31.1 Å². The number of hydrogen-bond donors (Lipinski definition) is 1. The second-order valence-electron chi connectivity index (χ2n) is 10.8. The average Bonchev–Trinajstić information content (AvgIpc) is 3.17. The fraction of sp³-hybridized carbons (Fsp3) is 0.517. The van der Waals surface area contributed by atoms with E-state index in [-0.39, 0.29) is 24.2 Å². The molecule has 1 N–H and O–H groups in total. The van der Waals surface area contributed by atoms with Gasteiger partial charge in [0.15, 0.2) is 0 Å². The molecular weight excluding hydrogens is 554 g/mol. The molecule has 4 rings (SSSR count). The maximum atomic E-state index is 13.4. The number of carboxylic acids is 1. The van der Waals surface area contributed by atoms with Crippen molar-refractivity contribution >= 4 is 12.1 Å². The van der Waals surface area contributed by atoms with Crippen molar-refractivity contribution in [3.8, 4) is 0 Å². The lowest BCUT2D eigenvalue weighted by molar-refractivity contribution is -0.144. The number of carboxylic acid groups (broad SMARTS) is 1. The molecule has 1 amide bonds. The molecular formula is C29H32F6N2O4. The fourth-order valence-electron chi connectivity index (χ4n) is 5.82. The van der Waals surface area contributed by atoms with Crippen LogP contribution in [0.15, 0.2) is 36.4 Å². The lowest BCUT2D eigenvalue weighted by atomic mass is 9.90. The highest BCUT2D eigenvalue weighted by atomic mass is 19.4. The number of piperidine rings is 1. The van der Waals surface area contributed by atoms with E-state index in [4.69, 9.17) is 4.74 Å². The molecule has 0 bridgehead atoms. The molecule has 41 heavy (non-hydrogen) atoms. The Kier molecular flexibility index (Phi) is 8.63. The third kappa shape index (κ3) is 6.63. The van der Waals surface area contributed by atoms with Gasteiger partial charge in [-0.15, -0.1) is 0 Å². The molecule has 2 fully saturated rings. The molecule has 2 aliphatic rings. The van der Waals surface area contributed by atoms with Gasteiger partial charge in [0.05, 0.1) is 23.1 Å². The van der Waals surface area contributed by atoms with Crippen molar-refractivity contribution in [3.63, 3.8) is 0 Å². The molecule has 2 saturated heterocycles. The van der Waals surface area contributed by atoms with Gasteiger partial charge in [0.2, 0.25) is 0 Å². The molecule has 0 radical (unpaired) electrons. The van der Waals surface area contributed by atoms with E-state index in [0.717, 1.165) is 16.7 Å². The Hall–Kier alpha value is -3.28. The highest BCUT2D eigenvalue weighted by molar-refractivity contribution is 5.71. The first-order valence-corrected chi connectivity index (χ1v) is 13.4. The predicted octanol–water partition coefficient (Wildman–Crippen LogP) is 7.36. The Bertz CT molecular complexity index is 1250. The lowest BCUT2D eigenvalue weighted by Crippen LogP contribution is -2.39. The largest absolute Gasteiger partial charge is 0.481 e. The van der Waals surface area contributed by atoms with E-state index in [1.54, 1.807) is 0 Å². The summed E-state index contributed by atoms with van der Waals surface area (Å²) in [6.45, 7) is 6.64. The Morgan fingerprint density at radius 3 is 2.12 bits per heavy atom. The minimum absolute atomic E-state index is 0.0424. The summed E-state index contributed by atoms with van der Waals surface area (Å²) in [5.41, 5.74) is -0.708. The number of alkyl halides is 6. The number of carbonyl (C=O) groups is 2. The van der Waals surface area contributed by atoms with E-state index < -0.39 is 53.6 Å². The molecule has 0 saturated carbocycles. The maximum Gasteiger partial charge on any atom is 0.416 e. The number of likely N-dealkylation sites (tertiary alicyclic amines) is 1. The van der Waals surface area contributed by atoms with E-state index in [1.807, 2.05) is 32.0 Å². The quantitative estimate of drug-likeness (QED) is 0.344. The van der Waals surface area contributed by atoms with Crippen LogP contribution in [0.2, 0.25) is 0 Å². The summed E-state index contributed by atoms with van der Waals surface area (Å²) in [4.78, 5) is 27.9. The van der Waals surface area contributed by atoms with Crippen molar-refractivity contribution < 1.29 is 45.8 Å². The molecule has 6 nitrogen and oxygen atoms in total. The van der Waals surface area contributed by atoms with E-state index in [9.17, 15) is 41.0 Å². The van der Waals surface area contributed by atoms with Crippen molar-refractivity contribution in [2.45, 2.75) is 77.1 Å². The predicted molar refractivity (Wildman–Crippen MR) is 137 cm³/mol. The highest BCUT2D eigenvalue weighted by Crippen LogP contribution is 2.41. The number of benzene rings is 2. The van der Waals surface area contributed by atoms with Crippen LogP contribution in [0, 0.1) is 12.8 Å². The first-order valence-electron chi connectivity index (χ1n) is 13.4. The Labute approximate surface area is 233 Å². The number of ether oxygens (including phenoxy) is 1. The number of nitrogens with zero attached hydrogens (tertiary/aromatic N) is 2. The molecule has 0 aromatic heterocycles. The van der Waals surface area contributed by atoms with E-state index >= 15 is 0 Å². The van der Waals surface area contributed by atoms with Gasteiger partial charge in [-0.1, -0.05) is 30.7 Å². The second-order valence-corrected chi connectivity index (χ2v) is 10.8. The zero-order chi connectivity index (χ0) is 30.3. The van der Waals surface area contributed by atoms with Gasteiger partial charge in [-0.05, 0) is 81.1 Å². The fourth-order valence-corrected chi connectivity index (χ4v) is 5.82. The number of rotatable bonds is 7. The van der Waals surface area contributed by atoms with Crippen LogP contribution in [-0.2, 0) is 28.4 Å². The van der Waals surface area contributed by atoms with E-state index in [0.29, 0.717) is 44.5 Å². The molecule has 12 heteroatoms. The van der Waals surface area contributed by atoms with Crippen molar-refractivity contribution in [1.82, 2.24) is 9.80 Å². The van der Waals surface area contributed by atoms with Gasteiger partial charge in [-0.25, -0.2) is 4.79 Å². The third-order valence-corrected chi connectivity index (χ3v) is 8.04. The monoisotopic (exact) mass is 586 g/mol. The van der Waals surface area contributed by atoms with Crippen molar-refractivity contribution in [3.05, 3.63) is 69.8 Å². The van der Waals surface area contributed by atoms with Gasteiger partial charge >= 0.3 is 24.4 Å². The molecule has 2 heterocycles. The van der Waals surface area contributed by atoms with Crippen LogP contribution >= 0.6 is 0 Å². The molecule has 2 aromatic rings. The van der Waals surface area contributed by atoms with Crippen LogP contribution in [0.3, 0.4) is 0 Å². The van der Waals surface area contributed by atoms with Crippen LogP contribution in [-0.4, -0.2) is 46.1 Å². The number of amides is 1. The van der Waals surface area contributed by atoms with Crippen LogP contribution in [0.1, 0.15) is 78.6 Å². The Morgan fingerprint density at radius 2 is 1.61 bits per heavy atom. The number of halogens is 6. The summed E-state index contributed by atoms with van der Waals surface area (Å²) in [5, 5.41) is 9.36.